The zero-order valence-electron chi connectivity index (χ0n) is 17.6. The molecule has 160 valence electrons. The summed E-state index contributed by atoms with van der Waals surface area (Å²) in [5, 5.41) is 7.58. The van der Waals surface area contributed by atoms with E-state index in [0.29, 0.717) is 12.2 Å². The highest BCUT2D eigenvalue weighted by Crippen LogP contribution is 2.30. The number of rotatable bonds is 6. The number of thiophene rings is 1. The lowest BCUT2D eigenvalue weighted by atomic mass is 9.98. The van der Waals surface area contributed by atoms with E-state index in [0.717, 1.165) is 25.9 Å². The minimum Gasteiger partial charge on any atom is -0.346 e. The summed E-state index contributed by atoms with van der Waals surface area (Å²) in [6.45, 7) is 4.23. The van der Waals surface area contributed by atoms with Gasteiger partial charge in [-0.05, 0) is 53.1 Å². The van der Waals surface area contributed by atoms with Gasteiger partial charge in [-0.3, -0.25) is 14.5 Å². The summed E-state index contributed by atoms with van der Waals surface area (Å²) >= 11 is 1.68. The summed E-state index contributed by atoms with van der Waals surface area (Å²) in [6, 6.07) is 20.2. The second kappa shape index (κ2) is 9.90. The Bertz CT molecular complexity index is 1030. The predicted molar refractivity (Wildman–Crippen MR) is 125 cm³/mol. The van der Waals surface area contributed by atoms with Crippen molar-refractivity contribution in [2.45, 2.75) is 32.4 Å². The van der Waals surface area contributed by atoms with Crippen molar-refractivity contribution < 1.29 is 9.59 Å². The van der Waals surface area contributed by atoms with E-state index in [2.05, 4.69) is 58.2 Å². The summed E-state index contributed by atoms with van der Waals surface area (Å²) < 4.78 is 0. The van der Waals surface area contributed by atoms with E-state index in [9.17, 15) is 9.59 Å². The van der Waals surface area contributed by atoms with Crippen LogP contribution in [0.25, 0.3) is 0 Å². The smallest absolute Gasteiger partial charge is 0.313 e. The van der Waals surface area contributed by atoms with Gasteiger partial charge in [0.2, 0.25) is 0 Å². The Balaban J connectivity index is 1.39. The van der Waals surface area contributed by atoms with Gasteiger partial charge in [0.15, 0.2) is 0 Å². The first-order valence-corrected chi connectivity index (χ1v) is 11.5. The van der Waals surface area contributed by atoms with Crippen LogP contribution in [0.5, 0.6) is 0 Å². The van der Waals surface area contributed by atoms with Gasteiger partial charge in [-0.15, -0.1) is 11.3 Å². The topological polar surface area (TPSA) is 61.4 Å². The average molecular weight is 434 g/mol. The van der Waals surface area contributed by atoms with Gasteiger partial charge in [-0.25, -0.2) is 0 Å². The van der Waals surface area contributed by atoms with Gasteiger partial charge in [0.05, 0.1) is 6.04 Å². The van der Waals surface area contributed by atoms with Crippen molar-refractivity contribution in [3.63, 3.8) is 0 Å². The van der Waals surface area contributed by atoms with Gasteiger partial charge in [-0.1, -0.05) is 49.4 Å². The molecular formula is C25H27N3O2S. The Morgan fingerprint density at radius 2 is 1.77 bits per heavy atom. The molecule has 0 fully saturated rings. The van der Waals surface area contributed by atoms with E-state index in [1.807, 2.05) is 30.3 Å². The Kier molecular flexibility index (Phi) is 6.79. The first kappa shape index (κ1) is 21.3. The van der Waals surface area contributed by atoms with E-state index in [1.165, 1.54) is 21.6 Å². The monoisotopic (exact) mass is 433 g/mol. The van der Waals surface area contributed by atoms with Crippen molar-refractivity contribution in [3.05, 3.63) is 87.6 Å². The highest BCUT2D eigenvalue weighted by molar-refractivity contribution is 7.10. The number of nitrogens with one attached hydrogen (secondary N) is 2. The number of fused-ring (bicyclic) bond motifs is 1. The molecule has 0 bridgehead atoms. The van der Waals surface area contributed by atoms with E-state index >= 15 is 0 Å². The van der Waals surface area contributed by atoms with Crippen LogP contribution < -0.4 is 10.6 Å². The molecule has 0 radical (unpaired) electrons. The number of carbonyl (C=O) groups excluding carboxylic acids is 2. The average Bonchev–Trinajstić information content (AvgIpc) is 3.34. The molecule has 0 aliphatic carbocycles. The molecule has 4 rings (SSSR count). The molecule has 1 atom stereocenters. The maximum Gasteiger partial charge on any atom is 0.313 e. The molecule has 2 N–H and O–H groups in total. The van der Waals surface area contributed by atoms with Crippen molar-refractivity contribution in [1.29, 1.82) is 0 Å². The first-order chi connectivity index (χ1) is 15.1. The lowest BCUT2D eigenvalue weighted by Crippen LogP contribution is -2.43. The fourth-order valence-electron chi connectivity index (χ4n) is 3.96. The van der Waals surface area contributed by atoms with E-state index in [4.69, 9.17) is 0 Å². The van der Waals surface area contributed by atoms with Crippen molar-refractivity contribution >= 4 is 28.8 Å². The van der Waals surface area contributed by atoms with Crippen molar-refractivity contribution in [1.82, 2.24) is 10.2 Å². The number of amides is 2. The quantitative estimate of drug-likeness (QED) is 0.574. The maximum atomic E-state index is 12.5. The molecule has 0 saturated carbocycles. The van der Waals surface area contributed by atoms with Gasteiger partial charge >= 0.3 is 11.8 Å². The van der Waals surface area contributed by atoms with E-state index < -0.39 is 11.8 Å². The lowest BCUT2D eigenvalue weighted by molar-refractivity contribution is -0.136. The number of hydrogen-bond acceptors (Lipinski definition) is 4. The molecule has 5 nitrogen and oxygen atoms in total. The number of aryl methyl sites for hydroxylation is 1. The summed E-state index contributed by atoms with van der Waals surface area (Å²) in [4.78, 5) is 28.4. The van der Waals surface area contributed by atoms with Gasteiger partial charge in [0, 0.05) is 30.2 Å². The van der Waals surface area contributed by atoms with Crippen LogP contribution >= 0.6 is 11.3 Å². The van der Waals surface area contributed by atoms with E-state index in [1.54, 1.807) is 11.3 Å². The molecule has 1 aliphatic rings. The van der Waals surface area contributed by atoms with Crippen LogP contribution in [0.4, 0.5) is 5.69 Å². The van der Waals surface area contributed by atoms with Crippen LogP contribution in [0.15, 0.2) is 66.0 Å². The molecule has 2 aromatic carbocycles. The second-order valence-electron chi connectivity index (χ2n) is 7.74. The summed E-state index contributed by atoms with van der Waals surface area (Å²) in [5.41, 5.74) is 4.53. The van der Waals surface area contributed by atoms with Crippen LogP contribution in [0.3, 0.4) is 0 Å². The molecule has 3 aromatic rings. The standard InChI is InChI=1S/C25H27N3O2S/c1-2-18-9-11-21(12-10-18)27-25(30)24(29)26-16-22(23-8-5-15-31-23)28-14-13-19-6-3-4-7-20(19)17-28/h3-12,15,22H,2,13-14,16-17H2,1H3,(H,26,29)(H,27,30). The Labute approximate surface area is 187 Å². The molecular weight excluding hydrogens is 406 g/mol. The SMILES string of the molecule is CCc1ccc(NC(=O)C(=O)NCC(c2cccs2)N2CCc3ccccc3C2)cc1. The number of anilines is 1. The largest absolute Gasteiger partial charge is 0.346 e. The number of benzene rings is 2. The minimum atomic E-state index is -0.641. The van der Waals surface area contributed by atoms with Crippen LogP contribution in [-0.4, -0.2) is 29.8 Å². The molecule has 2 heterocycles. The lowest BCUT2D eigenvalue weighted by Gasteiger charge is -2.35. The Hall–Kier alpha value is -2.96. The first-order valence-electron chi connectivity index (χ1n) is 10.7. The molecule has 2 amide bonds. The molecule has 0 spiro atoms. The third kappa shape index (κ3) is 5.21. The molecule has 1 aromatic heterocycles. The molecule has 6 heteroatoms. The molecule has 0 saturated heterocycles. The van der Waals surface area contributed by atoms with Crippen molar-refractivity contribution in [2.24, 2.45) is 0 Å². The van der Waals surface area contributed by atoms with Gasteiger partial charge in [0.25, 0.3) is 0 Å². The highest BCUT2D eigenvalue weighted by atomic mass is 32.1. The van der Waals surface area contributed by atoms with Crippen LogP contribution in [0.2, 0.25) is 0 Å². The highest BCUT2D eigenvalue weighted by Gasteiger charge is 2.26. The minimum absolute atomic E-state index is 0.0361. The zero-order chi connectivity index (χ0) is 21.6. The van der Waals surface area contributed by atoms with Crippen LogP contribution in [0, 0.1) is 0 Å². The van der Waals surface area contributed by atoms with Gasteiger partial charge < -0.3 is 10.6 Å². The summed E-state index contributed by atoms with van der Waals surface area (Å²) in [6.07, 6.45) is 1.92. The normalized spacial score (nSPS) is 14.5. The van der Waals surface area contributed by atoms with Crippen LogP contribution in [-0.2, 0) is 29.0 Å². The van der Waals surface area contributed by atoms with Crippen LogP contribution in [0.1, 0.15) is 34.5 Å². The molecule has 1 aliphatic heterocycles. The zero-order valence-corrected chi connectivity index (χ0v) is 18.5. The Morgan fingerprint density at radius 1 is 1.00 bits per heavy atom. The summed E-state index contributed by atoms with van der Waals surface area (Å²) in [5.74, 6) is -1.25. The molecule has 1 unspecified atom stereocenters. The number of nitrogens with zero attached hydrogens (tertiary/aromatic N) is 1. The molecule has 31 heavy (non-hydrogen) atoms. The third-order valence-corrected chi connectivity index (χ3v) is 6.73. The van der Waals surface area contributed by atoms with Crippen molar-refractivity contribution in [3.8, 4) is 0 Å². The van der Waals surface area contributed by atoms with Gasteiger partial charge in [0.1, 0.15) is 0 Å². The third-order valence-electron chi connectivity index (χ3n) is 5.75. The second-order valence-corrected chi connectivity index (χ2v) is 8.71. The maximum absolute atomic E-state index is 12.5. The number of hydrogen-bond donors (Lipinski definition) is 2. The van der Waals surface area contributed by atoms with Gasteiger partial charge in [-0.2, -0.15) is 0 Å². The summed E-state index contributed by atoms with van der Waals surface area (Å²) in [7, 11) is 0. The van der Waals surface area contributed by atoms with E-state index in [-0.39, 0.29) is 6.04 Å². The number of carbonyl (C=O) groups is 2. The fraction of sp³-hybridized carbons (Fsp3) is 0.280. The Morgan fingerprint density at radius 3 is 2.48 bits per heavy atom. The van der Waals surface area contributed by atoms with Crippen molar-refractivity contribution in [2.75, 3.05) is 18.4 Å². The predicted octanol–water partition coefficient (Wildman–Crippen LogP) is 4.16. The fourth-order valence-corrected chi connectivity index (χ4v) is 4.82.